The number of rotatable bonds is 3. The van der Waals surface area contributed by atoms with Crippen LogP contribution in [0.2, 0.25) is 0 Å². The second-order valence-electron chi connectivity index (χ2n) is 1.52. The van der Waals surface area contributed by atoms with Gasteiger partial charge in [-0.3, -0.25) is 4.79 Å². The van der Waals surface area contributed by atoms with Crippen LogP contribution in [0.25, 0.3) is 0 Å². The van der Waals surface area contributed by atoms with Crippen molar-refractivity contribution in [3.05, 3.63) is 0 Å². The molecule has 0 fully saturated rings. The lowest BCUT2D eigenvalue weighted by Crippen LogP contribution is -2.34. The Balaban J connectivity index is 3.30. The molecule has 0 bridgehead atoms. The standard InChI is InChI=1S/C5H10N2O2S/c1-2-9-4(8)3-7-5(6)10/h2-3H2,1H3,(H3,6,7,10). The molecule has 0 saturated heterocycles. The van der Waals surface area contributed by atoms with Crippen molar-refractivity contribution in [3.63, 3.8) is 0 Å². The molecule has 0 aromatic rings. The zero-order valence-corrected chi connectivity index (χ0v) is 6.53. The topological polar surface area (TPSA) is 64.3 Å². The molecule has 58 valence electrons. The second-order valence-corrected chi connectivity index (χ2v) is 1.96. The lowest BCUT2D eigenvalue weighted by molar-refractivity contribution is -0.141. The summed E-state index contributed by atoms with van der Waals surface area (Å²) in [4.78, 5) is 10.5. The van der Waals surface area contributed by atoms with Gasteiger partial charge in [0.1, 0.15) is 6.54 Å². The molecule has 0 rings (SSSR count). The molecule has 0 unspecified atom stereocenters. The first-order valence-electron chi connectivity index (χ1n) is 2.85. The summed E-state index contributed by atoms with van der Waals surface area (Å²) < 4.78 is 4.58. The van der Waals surface area contributed by atoms with Crippen LogP contribution in [0, 0.1) is 0 Å². The van der Waals surface area contributed by atoms with Crippen LogP contribution in [0.5, 0.6) is 0 Å². The van der Waals surface area contributed by atoms with E-state index in [0.29, 0.717) is 6.61 Å². The highest BCUT2D eigenvalue weighted by molar-refractivity contribution is 7.80. The third kappa shape index (κ3) is 5.30. The minimum absolute atomic E-state index is 0.0448. The molecule has 0 saturated carbocycles. The highest BCUT2D eigenvalue weighted by Crippen LogP contribution is 1.73. The van der Waals surface area contributed by atoms with E-state index in [-0.39, 0.29) is 17.6 Å². The Morgan fingerprint density at radius 2 is 2.40 bits per heavy atom. The summed E-state index contributed by atoms with van der Waals surface area (Å²) in [6.45, 7) is 2.15. The molecule has 0 aliphatic carbocycles. The number of hydrogen-bond donors (Lipinski definition) is 2. The number of carbonyl (C=O) groups is 1. The van der Waals surface area contributed by atoms with Crippen LogP contribution < -0.4 is 11.1 Å². The first kappa shape index (κ1) is 9.16. The van der Waals surface area contributed by atoms with Gasteiger partial charge in [0, 0.05) is 0 Å². The Hall–Kier alpha value is -0.840. The van der Waals surface area contributed by atoms with Crippen molar-refractivity contribution in [1.29, 1.82) is 0 Å². The smallest absolute Gasteiger partial charge is 0.325 e. The van der Waals surface area contributed by atoms with Gasteiger partial charge < -0.3 is 15.8 Å². The van der Waals surface area contributed by atoms with Crippen LogP contribution >= 0.6 is 12.2 Å². The van der Waals surface area contributed by atoms with E-state index in [1.54, 1.807) is 6.92 Å². The second kappa shape index (κ2) is 4.99. The summed E-state index contributed by atoms with van der Waals surface area (Å²) in [5, 5.41) is 2.57. The SMILES string of the molecule is CCOC(=O)CNC(N)=S. The Labute approximate surface area is 64.7 Å². The molecule has 0 aromatic carbocycles. The molecule has 0 radical (unpaired) electrons. The Morgan fingerprint density at radius 1 is 1.80 bits per heavy atom. The highest BCUT2D eigenvalue weighted by atomic mass is 32.1. The molecule has 0 spiro atoms. The maximum absolute atomic E-state index is 10.5. The summed E-state index contributed by atoms with van der Waals surface area (Å²) in [6.07, 6.45) is 0. The third-order valence-electron chi connectivity index (χ3n) is 0.712. The molecular weight excluding hydrogens is 152 g/mol. The van der Waals surface area contributed by atoms with Crippen molar-refractivity contribution >= 4 is 23.3 Å². The molecule has 0 atom stereocenters. The minimum Gasteiger partial charge on any atom is -0.465 e. The van der Waals surface area contributed by atoms with Gasteiger partial charge in [0.25, 0.3) is 0 Å². The lowest BCUT2D eigenvalue weighted by Gasteiger charge is -2.01. The molecule has 4 nitrogen and oxygen atoms in total. The van der Waals surface area contributed by atoms with Gasteiger partial charge in [0.05, 0.1) is 6.61 Å². The fourth-order valence-electron chi connectivity index (χ4n) is 0.371. The molecule has 0 aromatic heterocycles. The summed E-state index contributed by atoms with van der Waals surface area (Å²) in [6, 6.07) is 0. The number of ether oxygens (including phenoxy) is 1. The van der Waals surface area contributed by atoms with Crippen molar-refractivity contribution in [2.75, 3.05) is 13.2 Å². The Kier molecular flexibility index (Phi) is 4.57. The third-order valence-corrected chi connectivity index (χ3v) is 0.857. The van der Waals surface area contributed by atoms with Crippen molar-refractivity contribution in [2.24, 2.45) is 5.73 Å². The van der Waals surface area contributed by atoms with Crippen LogP contribution in [0.4, 0.5) is 0 Å². The molecule has 0 aliphatic heterocycles. The molecule has 3 N–H and O–H groups in total. The summed E-state index contributed by atoms with van der Waals surface area (Å²) in [5.74, 6) is -0.352. The van der Waals surface area contributed by atoms with E-state index in [1.807, 2.05) is 0 Å². The number of nitrogens with two attached hydrogens (primary N) is 1. The average molecular weight is 162 g/mol. The Morgan fingerprint density at radius 3 is 2.80 bits per heavy atom. The van der Waals surface area contributed by atoms with E-state index in [0.717, 1.165) is 0 Å². The summed E-state index contributed by atoms with van der Waals surface area (Å²) in [7, 11) is 0. The predicted molar refractivity (Wildman–Crippen MR) is 41.4 cm³/mol. The van der Waals surface area contributed by atoms with Crippen molar-refractivity contribution in [3.8, 4) is 0 Å². The monoisotopic (exact) mass is 162 g/mol. The van der Waals surface area contributed by atoms with Crippen LogP contribution in [0.15, 0.2) is 0 Å². The van der Waals surface area contributed by atoms with Gasteiger partial charge in [-0.1, -0.05) is 0 Å². The van der Waals surface area contributed by atoms with E-state index in [1.165, 1.54) is 0 Å². The van der Waals surface area contributed by atoms with Gasteiger partial charge in [-0.05, 0) is 19.1 Å². The fourth-order valence-corrected chi connectivity index (χ4v) is 0.443. The van der Waals surface area contributed by atoms with Crippen LogP contribution in [-0.2, 0) is 9.53 Å². The predicted octanol–water partition coefficient (Wildman–Crippen LogP) is -0.617. The summed E-state index contributed by atoms with van der Waals surface area (Å²) in [5.41, 5.74) is 5.05. The maximum atomic E-state index is 10.5. The molecule has 0 aliphatic rings. The van der Waals surface area contributed by atoms with Gasteiger partial charge in [-0.15, -0.1) is 0 Å². The van der Waals surface area contributed by atoms with Crippen LogP contribution in [0.3, 0.4) is 0 Å². The average Bonchev–Trinajstić information content (AvgIpc) is 1.85. The minimum atomic E-state index is -0.352. The van der Waals surface area contributed by atoms with Gasteiger partial charge in [-0.2, -0.15) is 0 Å². The van der Waals surface area contributed by atoms with Gasteiger partial charge in [-0.25, -0.2) is 0 Å². The number of nitrogens with one attached hydrogen (secondary N) is 1. The molecule has 0 heterocycles. The van der Waals surface area contributed by atoms with Crippen molar-refractivity contribution in [1.82, 2.24) is 5.32 Å². The van der Waals surface area contributed by atoms with Crippen molar-refractivity contribution < 1.29 is 9.53 Å². The zero-order chi connectivity index (χ0) is 7.98. The quantitative estimate of drug-likeness (QED) is 0.428. The van der Waals surface area contributed by atoms with Gasteiger partial charge >= 0.3 is 5.97 Å². The first-order valence-corrected chi connectivity index (χ1v) is 3.26. The van der Waals surface area contributed by atoms with E-state index in [2.05, 4.69) is 22.3 Å². The van der Waals surface area contributed by atoms with Gasteiger partial charge in [0.2, 0.25) is 0 Å². The molecule has 0 amide bonds. The van der Waals surface area contributed by atoms with Crippen LogP contribution in [-0.4, -0.2) is 24.2 Å². The van der Waals surface area contributed by atoms with E-state index < -0.39 is 0 Å². The lowest BCUT2D eigenvalue weighted by atomic mass is 10.6. The number of hydrogen-bond acceptors (Lipinski definition) is 3. The van der Waals surface area contributed by atoms with Crippen LogP contribution in [0.1, 0.15) is 6.92 Å². The van der Waals surface area contributed by atoms with Gasteiger partial charge in [0.15, 0.2) is 5.11 Å². The molecule has 10 heavy (non-hydrogen) atoms. The summed E-state index contributed by atoms with van der Waals surface area (Å²) >= 11 is 4.46. The Bertz CT molecular complexity index is 138. The largest absolute Gasteiger partial charge is 0.465 e. The van der Waals surface area contributed by atoms with Crippen molar-refractivity contribution in [2.45, 2.75) is 6.92 Å². The number of carbonyl (C=O) groups excluding carboxylic acids is 1. The molecular formula is C5H10N2O2S. The number of esters is 1. The maximum Gasteiger partial charge on any atom is 0.325 e. The molecule has 5 heteroatoms. The highest BCUT2D eigenvalue weighted by Gasteiger charge is 1.98. The first-order chi connectivity index (χ1) is 4.66. The fraction of sp³-hybridized carbons (Fsp3) is 0.600. The van der Waals surface area contributed by atoms with E-state index in [9.17, 15) is 4.79 Å². The van der Waals surface area contributed by atoms with E-state index >= 15 is 0 Å². The normalized spacial score (nSPS) is 8.50. The van der Waals surface area contributed by atoms with E-state index in [4.69, 9.17) is 5.73 Å². The number of thiocarbonyl (C=S) groups is 1. The zero-order valence-electron chi connectivity index (χ0n) is 5.72.